The van der Waals surface area contributed by atoms with Gasteiger partial charge < -0.3 is 84.7 Å². The van der Waals surface area contributed by atoms with E-state index in [9.17, 15) is 67.7 Å². The van der Waals surface area contributed by atoms with Gasteiger partial charge in [0.15, 0.2) is 6.61 Å². The molecule has 0 aromatic heterocycles. The van der Waals surface area contributed by atoms with E-state index >= 15 is 0 Å². The topological polar surface area (TPSA) is 447 Å². The van der Waals surface area contributed by atoms with E-state index in [0.29, 0.717) is 35.1 Å². The average molecular weight is 1400 g/mol. The SMILES string of the molecule is CN[C@@H](Cc1ccc(OCC(=O)O)cc1)C(=O)N[C@@H](Cc1ccc(C(=O)O)cc1)C(=O)N[C@@H](CC(=O)O)C(=O)N[C@@H](Cc1cccc(C)c1)C(=O)N[C@H](C(=O)N[C@@H](Cc1ccc(-c2ccccc2)cc1)C(=O)N[C@@H](CCCNC(N)=O)C(=O)N[C@@H](CCCN)C(=O)N[C@@H](C)CC(C)C)C(C)C. The minimum Gasteiger partial charge on any atom is -0.482 e. The molecule has 0 unspecified atom stereocenters. The number of aromatic carboxylic acids is 1. The summed E-state index contributed by atoms with van der Waals surface area (Å²) in [7, 11) is 1.49. The lowest BCUT2D eigenvalue weighted by atomic mass is 9.97. The van der Waals surface area contributed by atoms with Crippen LogP contribution in [-0.4, -0.2) is 168 Å². The molecule has 28 heteroatoms. The second kappa shape index (κ2) is 41.0. The monoisotopic (exact) mass is 1400 g/mol. The Bertz CT molecular complexity index is 3610. The fraction of sp³-hybridized carbons (Fsp3) is 0.425. The van der Waals surface area contributed by atoms with Gasteiger partial charge in [-0.05, 0) is 135 Å². The minimum absolute atomic E-state index is 0.00558. The lowest BCUT2D eigenvalue weighted by Gasteiger charge is -2.29. The Kier molecular flexibility index (Phi) is 32.8. The van der Waals surface area contributed by atoms with E-state index in [2.05, 4.69) is 53.2 Å². The lowest BCUT2D eigenvalue weighted by molar-refractivity contribution is -0.141. The summed E-state index contributed by atoms with van der Waals surface area (Å²) in [6, 6.07) is 22.7. The van der Waals surface area contributed by atoms with Gasteiger partial charge in [0.2, 0.25) is 47.3 Å². The first-order valence-electron chi connectivity index (χ1n) is 33.5. The van der Waals surface area contributed by atoms with Crippen molar-refractivity contribution >= 4 is 71.2 Å². The standard InChI is InChI=1S/C73H96N12O16/c1-42(2)34-45(6)78-64(90)54(18-12-32-74)79-65(91)55(19-13-33-77-73(75)100)80-67(93)58(38-46-20-26-51(27-21-46)50-16-9-8-10-17-50)84-71(97)63(43(3)4)85-70(96)59(39-49-15-11-14-44(5)35-49)82-69(95)60(40-61(86)87)83-68(94)57(37-47-22-28-52(29-23-47)72(98)99)81-66(92)56(76-7)36-48-24-30-53(31-25-48)101-41-62(88)89/h8-11,14-17,20-31,35,42-43,45,54-60,63,76H,12-13,18-19,32-34,36-41,74H2,1-7H3,(H,78,90)(H,79,91)(H,80,93)(H,81,92)(H,82,95)(H,83,94)(H,84,97)(H,85,96)(H,86,87)(H,88,89)(H,98,99)(H3,75,77,100)/t45-,54-,55-,56-,57-,58-,59-,60-,63-/m0/s1. The number of benzene rings is 5. The smallest absolute Gasteiger partial charge is 0.341 e. The zero-order chi connectivity index (χ0) is 74.3. The molecule has 0 aliphatic rings. The van der Waals surface area contributed by atoms with Crippen LogP contribution in [0.5, 0.6) is 5.75 Å². The van der Waals surface area contributed by atoms with Crippen molar-refractivity contribution in [3.8, 4) is 16.9 Å². The van der Waals surface area contributed by atoms with Crippen LogP contribution in [0.15, 0.2) is 127 Å². The number of likely N-dealkylation sites (N-methyl/N-ethyl adjacent to an activating group) is 1. The summed E-state index contributed by atoms with van der Waals surface area (Å²) in [5.74, 6) is -11.0. The summed E-state index contributed by atoms with van der Waals surface area (Å²) in [6.07, 6.45) is -0.503. The summed E-state index contributed by atoms with van der Waals surface area (Å²) in [5, 5.41) is 56.0. The van der Waals surface area contributed by atoms with Gasteiger partial charge in [-0.3, -0.25) is 43.2 Å². The van der Waals surface area contributed by atoms with Gasteiger partial charge >= 0.3 is 23.9 Å². The van der Waals surface area contributed by atoms with E-state index in [1.54, 1.807) is 69.3 Å². The first kappa shape index (κ1) is 80.9. The highest BCUT2D eigenvalue weighted by molar-refractivity contribution is 5.99. The Hall–Kier alpha value is -10.7. The lowest BCUT2D eigenvalue weighted by Crippen LogP contribution is -2.61. The van der Waals surface area contributed by atoms with Crippen LogP contribution >= 0.6 is 0 Å². The molecule has 0 saturated carbocycles. The van der Waals surface area contributed by atoms with Crippen molar-refractivity contribution in [3.63, 3.8) is 0 Å². The van der Waals surface area contributed by atoms with Crippen LogP contribution in [0.2, 0.25) is 0 Å². The Morgan fingerprint density at radius 2 is 0.921 bits per heavy atom. The van der Waals surface area contributed by atoms with Crippen LogP contribution < -0.4 is 69.4 Å². The molecule has 0 saturated heterocycles. The third kappa shape index (κ3) is 28.2. The quantitative estimate of drug-likeness (QED) is 0.0250. The number of hydrogen-bond donors (Lipinski definition) is 15. The summed E-state index contributed by atoms with van der Waals surface area (Å²) in [4.78, 5) is 164. The van der Waals surface area contributed by atoms with E-state index in [1.807, 2.05) is 63.2 Å². The number of hydrogen-bond acceptors (Lipinski definition) is 15. The predicted octanol–water partition coefficient (Wildman–Crippen LogP) is 2.94. The van der Waals surface area contributed by atoms with Crippen LogP contribution in [0.25, 0.3) is 11.1 Å². The summed E-state index contributed by atoms with van der Waals surface area (Å²) in [5.41, 5.74) is 15.7. The number of carbonyl (C=O) groups is 12. The normalized spacial score (nSPS) is 13.8. The van der Waals surface area contributed by atoms with Gasteiger partial charge in [-0.25, -0.2) is 14.4 Å². The van der Waals surface area contributed by atoms with E-state index in [-0.39, 0.29) is 81.3 Å². The highest BCUT2D eigenvalue weighted by Crippen LogP contribution is 2.21. The first-order valence-corrected chi connectivity index (χ1v) is 33.5. The largest absolute Gasteiger partial charge is 0.482 e. The Labute approximate surface area is 587 Å². The van der Waals surface area contributed by atoms with Crippen LogP contribution in [0.3, 0.4) is 0 Å². The zero-order valence-electron chi connectivity index (χ0n) is 58.0. The average Bonchev–Trinajstić information content (AvgIpc) is 0.859. The fourth-order valence-electron chi connectivity index (χ4n) is 11.1. The molecule has 0 bridgehead atoms. The van der Waals surface area contributed by atoms with Gasteiger partial charge in [-0.15, -0.1) is 0 Å². The highest BCUT2D eigenvalue weighted by Gasteiger charge is 2.37. The number of primary amides is 1. The number of nitrogens with one attached hydrogen (secondary N) is 10. The van der Waals surface area contributed by atoms with Gasteiger partial charge in [0.25, 0.3) is 0 Å². The summed E-state index contributed by atoms with van der Waals surface area (Å²) < 4.78 is 5.22. The van der Waals surface area contributed by atoms with E-state index < -0.39 is 138 Å². The number of aliphatic carboxylic acids is 2. The molecule has 9 atom stereocenters. The number of urea groups is 1. The molecular weight excluding hydrogens is 1300 g/mol. The molecule has 544 valence electrons. The molecule has 0 aliphatic carbocycles. The van der Waals surface area contributed by atoms with Crippen molar-refractivity contribution < 1.29 is 77.6 Å². The molecule has 0 radical (unpaired) electrons. The third-order valence-corrected chi connectivity index (χ3v) is 16.4. The molecule has 0 aliphatic heterocycles. The molecule has 0 fully saturated rings. The van der Waals surface area contributed by atoms with Crippen molar-refractivity contribution in [1.29, 1.82) is 0 Å². The number of nitrogens with two attached hydrogens (primary N) is 2. The maximum absolute atomic E-state index is 15.0. The van der Waals surface area contributed by atoms with E-state index in [0.717, 1.165) is 16.7 Å². The summed E-state index contributed by atoms with van der Waals surface area (Å²) >= 11 is 0. The number of aryl methyl sites for hydroxylation is 1. The molecule has 10 amide bonds. The Morgan fingerprint density at radius 1 is 0.465 bits per heavy atom. The van der Waals surface area contributed by atoms with Crippen molar-refractivity contribution in [2.75, 3.05) is 26.7 Å². The molecule has 5 aromatic carbocycles. The maximum atomic E-state index is 15.0. The highest BCUT2D eigenvalue weighted by atomic mass is 16.5. The maximum Gasteiger partial charge on any atom is 0.341 e. The number of carbonyl (C=O) groups excluding carboxylic acids is 9. The number of rotatable bonds is 42. The van der Waals surface area contributed by atoms with Gasteiger partial charge in [0.05, 0.1) is 18.0 Å². The van der Waals surface area contributed by atoms with Crippen molar-refractivity contribution in [2.45, 2.75) is 160 Å². The second-order valence-corrected chi connectivity index (χ2v) is 25.6. The molecule has 28 nitrogen and oxygen atoms in total. The van der Waals surface area contributed by atoms with Crippen LogP contribution in [-0.2, 0) is 73.6 Å². The summed E-state index contributed by atoms with van der Waals surface area (Å²) in [6.45, 7) is 10.5. The molecule has 5 aromatic rings. The number of carboxylic acids is 3. The number of amides is 10. The second-order valence-electron chi connectivity index (χ2n) is 25.6. The zero-order valence-corrected chi connectivity index (χ0v) is 58.0. The van der Waals surface area contributed by atoms with Crippen molar-refractivity contribution in [1.82, 2.24) is 53.2 Å². The molecule has 0 spiro atoms. The van der Waals surface area contributed by atoms with Crippen LogP contribution in [0, 0.1) is 18.8 Å². The van der Waals surface area contributed by atoms with Gasteiger partial charge in [-0.2, -0.15) is 0 Å². The van der Waals surface area contributed by atoms with Gasteiger partial charge in [-0.1, -0.05) is 136 Å². The van der Waals surface area contributed by atoms with Crippen LogP contribution in [0.1, 0.15) is 111 Å². The van der Waals surface area contributed by atoms with E-state index in [1.165, 1.54) is 43.4 Å². The molecule has 17 N–H and O–H groups in total. The molecule has 0 heterocycles. The fourth-order valence-corrected chi connectivity index (χ4v) is 11.1. The third-order valence-electron chi connectivity index (χ3n) is 16.4. The molecule has 101 heavy (non-hydrogen) atoms. The van der Waals surface area contributed by atoms with Crippen molar-refractivity contribution in [2.24, 2.45) is 23.3 Å². The number of ether oxygens (including phenoxy) is 1. The molecular formula is C73H96N12O16. The van der Waals surface area contributed by atoms with Crippen molar-refractivity contribution in [3.05, 3.63) is 161 Å². The molecule has 5 rings (SSSR count). The van der Waals surface area contributed by atoms with E-state index in [4.69, 9.17) is 21.3 Å². The first-order chi connectivity index (χ1) is 48.0. The van der Waals surface area contributed by atoms with Crippen LogP contribution in [0.4, 0.5) is 4.79 Å². The predicted molar refractivity (Wildman–Crippen MR) is 376 cm³/mol. The Morgan fingerprint density at radius 3 is 1.43 bits per heavy atom. The Balaban J connectivity index is 1.47. The number of carboxylic acid groups (broad SMARTS) is 3. The van der Waals surface area contributed by atoms with Gasteiger partial charge in [0, 0.05) is 31.8 Å². The minimum atomic E-state index is -1.92. The van der Waals surface area contributed by atoms with Gasteiger partial charge in [0.1, 0.15) is 48.0 Å².